The van der Waals surface area contributed by atoms with Crippen LogP contribution in [0, 0.1) is 20.8 Å². The van der Waals surface area contributed by atoms with Crippen LogP contribution >= 0.6 is 11.3 Å². The number of hydrogen-bond acceptors (Lipinski definition) is 5. The fraction of sp³-hybridized carbons (Fsp3) is 0.238. The summed E-state index contributed by atoms with van der Waals surface area (Å²) in [4.78, 5) is 29.6. The van der Waals surface area contributed by atoms with Crippen LogP contribution in [-0.4, -0.2) is 22.5 Å². The summed E-state index contributed by atoms with van der Waals surface area (Å²) in [7, 11) is 0. The maximum absolute atomic E-state index is 12.8. The second-order valence-electron chi connectivity index (χ2n) is 6.91. The van der Waals surface area contributed by atoms with E-state index in [0.717, 1.165) is 32.0 Å². The number of carbonyl (C=O) groups excluding carboxylic acids is 2. The molecule has 28 heavy (non-hydrogen) atoms. The summed E-state index contributed by atoms with van der Waals surface area (Å²) in [5, 5.41) is 9.61. The summed E-state index contributed by atoms with van der Waals surface area (Å²) in [6, 6.07) is 11.5. The summed E-state index contributed by atoms with van der Waals surface area (Å²) in [5.41, 5.74) is 4.66. The number of nitrogens with zero attached hydrogens (tertiary/aromatic N) is 3. The van der Waals surface area contributed by atoms with Crippen molar-refractivity contribution >= 4 is 50.5 Å². The molecule has 142 valence electrons. The number of amides is 2. The number of benzene rings is 2. The quantitative estimate of drug-likeness (QED) is 0.720. The maximum Gasteiger partial charge on any atom is 0.271 e. The summed E-state index contributed by atoms with van der Waals surface area (Å²) < 4.78 is 1.02. The zero-order valence-electron chi connectivity index (χ0n) is 15.9. The van der Waals surface area contributed by atoms with E-state index in [9.17, 15) is 9.59 Å². The van der Waals surface area contributed by atoms with Crippen LogP contribution in [0.4, 0.5) is 11.4 Å². The largest absolute Gasteiger partial charge is 0.321 e. The molecule has 2 amide bonds. The topological polar surface area (TPSA) is 74.7 Å². The Hall–Kier alpha value is -3.06. The van der Waals surface area contributed by atoms with Crippen LogP contribution in [0.3, 0.4) is 0 Å². The van der Waals surface area contributed by atoms with Crippen molar-refractivity contribution in [1.29, 1.82) is 0 Å². The van der Waals surface area contributed by atoms with Gasteiger partial charge < -0.3 is 5.32 Å². The number of aryl methyl sites for hydroxylation is 3. The van der Waals surface area contributed by atoms with E-state index in [-0.39, 0.29) is 18.2 Å². The van der Waals surface area contributed by atoms with Gasteiger partial charge in [-0.1, -0.05) is 12.1 Å². The lowest BCUT2D eigenvalue weighted by Gasteiger charge is -2.24. The molecule has 2 aromatic carbocycles. The summed E-state index contributed by atoms with van der Waals surface area (Å²) in [6.45, 7) is 5.85. The van der Waals surface area contributed by atoms with Crippen molar-refractivity contribution in [2.24, 2.45) is 5.10 Å². The second kappa shape index (κ2) is 7.16. The Balaban J connectivity index is 1.60. The van der Waals surface area contributed by atoms with Crippen LogP contribution in [0.1, 0.15) is 29.0 Å². The predicted octanol–water partition coefficient (Wildman–Crippen LogP) is 4.34. The number of hydrogen-bond donors (Lipinski definition) is 1. The first-order valence-electron chi connectivity index (χ1n) is 9.07. The number of fused-ring (bicyclic) bond motifs is 1. The Bertz CT molecular complexity index is 1130. The van der Waals surface area contributed by atoms with Crippen LogP contribution in [0.2, 0.25) is 0 Å². The molecule has 1 aliphatic rings. The highest BCUT2D eigenvalue weighted by molar-refractivity contribution is 7.18. The third kappa shape index (κ3) is 3.53. The van der Waals surface area contributed by atoms with Crippen LogP contribution in [0.15, 0.2) is 41.5 Å². The second-order valence-corrected chi connectivity index (χ2v) is 8.15. The molecule has 0 spiro atoms. The van der Waals surface area contributed by atoms with Crippen LogP contribution in [0.5, 0.6) is 0 Å². The van der Waals surface area contributed by atoms with Gasteiger partial charge in [0.2, 0.25) is 5.91 Å². The van der Waals surface area contributed by atoms with Gasteiger partial charge in [-0.3, -0.25) is 9.59 Å². The van der Waals surface area contributed by atoms with Gasteiger partial charge in [-0.15, -0.1) is 11.3 Å². The molecule has 0 radical (unpaired) electrons. The fourth-order valence-corrected chi connectivity index (χ4v) is 4.04. The molecule has 4 rings (SSSR count). The van der Waals surface area contributed by atoms with Crippen molar-refractivity contribution in [2.45, 2.75) is 33.6 Å². The van der Waals surface area contributed by atoms with E-state index in [1.54, 1.807) is 11.3 Å². The molecular weight excluding hydrogens is 372 g/mol. The third-order valence-corrected chi connectivity index (χ3v) is 5.57. The summed E-state index contributed by atoms with van der Waals surface area (Å²) in [5.74, 6) is -0.393. The lowest BCUT2D eigenvalue weighted by molar-refractivity contribution is -0.118. The zero-order chi connectivity index (χ0) is 19.8. The molecule has 0 unspecified atom stereocenters. The lowest BCUT2D eigenvalue weighted by Crippen LogP contribution is -2.36. The Labute approximate surface area is 166 Å². The smallest absolute Gasteiger partial charge is 0.271 e. The van der Waals surface area contributed by atoms with Gasteiger partial charge in [-0.05, 0) is 56.2 Å². The van der Waals surface area contributed by atoms with Crippen LogP contribution in [-0.2, 0) is 9.59 Å². The van der Waals surface area contributed by atoms with E-state index in [2.05, 4.69) is 15.4 Å². The highest BCUT2D eigenvalue weighted by Gasteiger charge is 2.26. The SMILES string of the molecule is Cc1ccc(C)c(N2N=C(C(=O)Nc3ccc4nc(C)sc4c3)CCC2=O)c1. The van der Waals surface area contributed by atoms with E-state index in [1.807, 2.05) is 57.2 Å². The predicted molar refractivity (Wildman–Crippen MR) is 113 cm³/mol. The minimum absolute atomic E-state index is 0.105. The molecular formula is C21H20N4O2S. The normalized spacial score (nSPS) is 14.3. The molecule has 0 saturated carbocycles. The Kier molecular flexibility index (Phi) is 4.68. The minimum atomic E-state index is -0.289. The number of rotatable bonds is 3. The van der Waals surface area contributed by atoms with Crippen molar-refractivity contribution in [1.82, 2.24) is 4.98 Å². The van der Waals surface area contributed by atoms with Crippen molar-refractivity contribution in [3.8, 4) is 0 Å². The van der Waals surface area contributed by atoms with Gasteiger partial charge in [0.15, 0.2) is 0 Å². The molecule has 1 aromatic heterocycles. The van der Waals surface area contributed by atoms with E-state index < -0.39 is 0 Å². The van der Waals surface area contributed by atoms with E-state index >= 15 is 0 Å². The zero-order valence-corrected chi connectivity index (χ0v) is 16.8. The number of aromatic nitrogens is 1. The molecule has 0 bridgehead atoms. The average Bonchev–Trinajstić information content (AvgIpc) is 3.03. The number of hydrazone groups is 1. The fourth-order valence-electron chi connectivity index (χ4n) is 3.17. The Morgan fingerprint density at radius 2 is 1.93 bits per heavy atom. The molecule has 1 aliphatic heterocycles. The molecule has 0 fully saturated rings. The molecule has 0 atom stereocenters. The molecule has 1 N–H and O–H groups in total. The first-order valence-corrected chi connectivity index (χ1v) is 9.88. The standard InChI is InChI=1S/C21H20N4O2S/c1-12-4-5-13(2)18(10-12)25-20(26)9-8-17(24-25)21(27)23-15-6-7-16-19(11-15)28-14(3)22-16/h4-7,10-11H,8-9H2,1-3H3,(H,23,27). The Morgan fingerprint density at radius 1 is 1.11 bits per heavy atom. The highest BCUT2D eigenvalue weighted by Crippen LogP contribution is 2.27. The summed E-state index contributed by atoms with van der Waals surface area (Å²) in [6.07, 6.45) is 0.584. The van der Waals surface area contributed by atoms with Gasteiger partial charge in [-0.25, -0.2) is 9.99 Å². The number of nitrogens with one attached hydrogen (secondary N) is 1. The van der Waals surface area contributed by atoms with E-state index in [4.69, 9.17) is 0 Å². The first kappa shape index (κ1) is 18.3. The van der Waals surface area contributed by atoms with Crippen molar-refractivity contribution < 1.29 is 9.59 Å². The number of thiazole rings is 1. The number of anilines is 2. The van der Waals surface area contributed by atoms with Crippen molar-refractivity contribution in [2.75, 3.05) is 10.3 Å². The van der Waals surface area contributed by atoms with Crippen molar-refractivity contribution in [3.63, 3.8) is 0 Å². The molecule has 2 heterocycles. The van der Waals surface area contributed by atoms with Crippen LogP contribution < -0.4 is 10.3 Å². The molecule has 7 heteroatoms. The van der Waals surface area contributed by atoms with Gasteiger partial charge in [0.05, 0.1) is 20.9 Å². The third-order valence-electron chi connectivity index (χ3n) is 4.64. The molecule has 0 aliphatic carbocycles. The average molecular weight is 392 g/mol. The molecule has 3 aromatic rings. The highest BCUT2D eigenvalue weighted by atomic mass is 32.1. The first-order chi connectivity index (χ1) is 13.4. The maximum atomic E-state index is 12.8. The molecule has 6 nitrogen and oxygen atoms in total. The van der Waals surface area contributed by atoms with E-state index in [1.165, 1.54) is 5.01 Å². The van der Waals surface area contributed by atoms with Gasteiger partial charge >= 0.3 is 0 Å². The summed E-state index contributed by atoms with van der Waals surface area (Å²) >= 11 is 1.58. The molecule has 0 saturated heterocycles. The van der Waals surface area contributed by atoms with E-state index in [0.29, 0.717) is 17.8 Å². The minimum Gasteiger partial charge on any atom is -0.321 e. The van der Waals surface area contributed by atoms with Gasteiger partial charge in [0.1, 0.15) is 5.71 Å². The van der Waals surface area contributed by atoms with Gasteiger partial charge in [0, 0.05) is 18.5 Å². The van der Waals surface area contributed by atoms with Crippen LogP contribution in [0.25, 0.3) is 10.2 Å². The number of carbonyl (C=O) groups is 2. The lowest BCUT2D eigenvalue weighted by atomic mass is 10.1. The van der Waals surface area contributed by atoms with Gasteiger partial charge in [-0.2, -0.15) is 5.10 Å². The van der Waals surface area contributed by atoms with Gasteiger partial charge in [0.25, 0.3) is 5.91 Å². The monoisotopic (exact) mass is 392 g/mol. The van der Waals surface area contributed by atoms with Crippen molar-refractivity contribution in [3.05, 3.63) is 52.5 Å². The Morgan fingerprint density at radius 3 is 2.75 bits per heavy atom.